The number of carbonyl (C=O) groups is 1. The molecule has 0 bridgehead atoms. The van der Waals surface area contributed by atoms with Gasteiger partial charge in [-0.25, -0.2) is 12.8 Å². The summed E-state index contributed by atoms with van der Waals surface area (Å²) >= 11 is 0. The van der Waals surface area contributed by atoms with Crippen molar-refractivity contribution in [3.8, 4) is 0 Å². The highest BCUT2D eigenvalue weighted by Gasteiger charge is 2.41. The molecule has 5 nitrogen and oxygen atoms in total. The predicted molar refractivity (Wildman–Crippen MR) is 70.2 cm³/mol. The number of hydrogen-bond acceptors (Lipinski definition) is 3. The van der Waals surface area contributed by atoms with E-state index in [2.05, 4.69) is 0 Å². The normalized spacial score (nSPS) is 23.9. The largest absolute Gasteiger partial charge is 0.481 e. The zero-order valence-corrected chi connectivity index (χ0v) is 12.0. The number of nitrogens with zero attached hydrogens (tertiary/aromatic N) is 1. The van der Waals surface area contributed by atoms with Crippen LogP contribution in [0.15, 0.2) is 23.1 Å². The minimum absolute atomic E-state index is 0.0900. The van der Waals surface area contributed by atoms with Crippen molar-refractivity contribution in [2.75, 3.05) is 13.1 Å². The maximum atomic E-state index is 14.0. The first-order valence-electron chi connectivity index (χ1n) is 6.23. The van der Waals surface area contributed by atoms with Gasteiger partial charge in [0.05, 0.1) is 5.92 Å². The van der Waals surface area contributed by atoms with Gasteiger partial charge in [0.2, 0.25) is 10.0 Å². The minimum Gasteiger partial charge on any atom is -0.481 e. The molecular weight excluding hydrogens is 285 g/mol. The van der Waals surface area contributed by atoms with Crippen LogP contribution in [-0.4, -0.2) is 36.9 Å². The van der Waals surface area contributed by atoms with Crippen molar-refractivity contribution in [1.29, 1.82) is 0 Å². The second kappa shape index (κ2) is 5.14. The van der Waals surface area contributed by atoms with Gasteiger partial charge in [0.15, 0.2) is 0 Å². The van der Waals surface area contributed by atoms with Crippen LogP contribution in [0.3, 0.4) is 0 Å². The molecule has 0 saturated carbocycles. The van der Waals surface area contributed by atoms with E-state index in [1.165, 1.54) is 25.1 Å². The summed E-state index contributed by atoms with van der Waals surface area (Å²) in [6, 6.07) is 4.16. The summed E-state index contributed by atoms with van der Waals surface area (Å²) < 4.78 is 39.9. The Morgan fingerprint density at radius 1 is 1.40 bits per heavy atom. The summed E-state index contributed by atoms with van der Waals surface area (Å²) in [5, 5.41) is 9.04. The molecule has 20 heavy (non-hydrogen) atoms. The Morgan fingerprint density at radius 3 is 2.60 bits per heavy atom. The molecule has 1 aliphatic heterocycles. The average Bonchev–Trinajstić information content (AvgIpc) is 2.75. The van der Waals surface area contributed by atoms with E-state index >= 15 is 0 Å². The number of aryl methyl sites for hydroxylation is 1. The molecule has 1 aromatic rings. The van der Waals surface area contributed by atoms with Gasteiger partial charge in [-0.05, 0) is 24.5 Å². The number of rotatable bonds is 3. The number of aliphatic carboxylic acids is 1. The fraction of sp³-hybridized carbons (Fsp3) is 0.462. The van der Waals surface area contributed by atoms with Gasteiger partial charge in [-0.3, -0.25) is 4.79 Å². The molecule has 0 spiro atoms. The summed E-state index contributed by atoms with van der Waals surface area (Å²) in [6.07, 6.45) is 0. The summed E-state index contributed by atoms with van der Waals surface area (Å²) in [7, 11) is -4.00. The molecule has 0 amide bonds. The van der Waals surface area contributed by atoms with Gasteiger partial charge in [-0.15, -0.1) is 0 Å². The van der Waals surface area contributed by atoms with E-state index in [0.29, 0.717) is 0 Å². The third kappa shape index (κ3) is 2.43. The third-order valence-electron chi connectivity index (χ3n) is 3.67. The van der Waals surface area contributed by atoms with Crippen molar-refractivity contribution >= 4 is 16.0 Å². The summed E-state index contributed by atoms with van der Waals surface area (Å²) in [6.45, 7) is 3.14. The molecule has 1 aromatic carbocycles. The van der Waals surface area contributed by atoms with E-state index < -0.39 is 32.6 Å². The van der Waals surface area contributed by atoms with Crippen LogP contribution < -0.4 is 0 Å². The zero-order valence-electron chi connectivity index (χ0n) is 11.2. The Bertz CT molecular complexity index is 644. The van der Waals surface area contributed by atoms with Crippen molar-refractivity contribution < 1.29 is 22.7 Å². The van der Waals surface area contributed by atoms with E-state index in [1.807, 2.05) is 0 Å². The molecule has 1 fully saturated rings. The highest BCUT2D eigenvalue weighted by molar-refractivity contribution is 7.89. The zero-order chi connectivity index (χ0) is 15.1. The summed E-state index contributed by atoms with van der Waals surface area (Å²) in [4.78, 5) is 10.7. The van der Waals surface area contributed by atoms with Crippen LogP contribution in [0.2, 0.25) is 0 Å². The first-order valence-corrected chi connectivity index (χ1v) is 7.67. The van der Waals surface area contributed by atoms with Crippen LogP contribution in [0.4, 0.5) is 4.39 Å². The lowest BCUT2D eigenvalue weighted by Gasteiger charge is -2.17. The van der Waals surface area contributed by atoms with E-state index in [1.54, 1.807) is 6.92 Å². The molecule has 1 N–H and O–H groups in total. The second-order valence-electron chi connectivity index (χ2n) is 5.13. The topological polar surface area (TPSA) is 74.7 Å². The standard InChI is InChI=1S/C13H16FNO4S/c1-8-4-3-5-11(12(8)14)20(18,19)15-6-9(2)10(7-15)13(16)17/h3-5,9-10H,6-7H2,1-2H3,(H,16,17)/t9-,10-/m1/s1. The molecular formula is C13H16FNO4S. The lowest BCUT2D eigenvalue weighted by Crippen LogP contribution is -2.30. The molecule has 7 heteroatoms. The molecule has 2 rings (SSSR count). The highest BCUT2D eigenvalue weighted by Crippen LogP contribution is 2.30. The van der Waals surface area contributed by atoms with E-state index in [0.717, 1.165) is 4.31 Å². The van der Waals surface area contributed by atoms with Crippen molar-refractivity contribution in [2.45, 2.75) is 18.7 Å². The van der Waals surface area contributed by atoms with Crippen LogP contribution in [-0.2, 0) is 14.8 Å². The molecule has 0 unspecified atom stereocenters. The number of carboxylic acid groups (broad SMARTS) is 1. The molecule has 110 valence electrons. The van der Waals surface area contributed by atoms with Crippen molar-refractivity contribution in [1.82, 2.24) is 4.31 Å². The van der Waals surface area contributed by atoms with Gasteiger partial charge >= 0.3 is 5.97 Å². The Labute approximate surface area is 117 Å². The number of sulfonamides is 1. The maximum Gasteiger partial charge on any atom is 0.308 e. The quantitative estimate of drug-likeness (QED) is 0.917. The summed E-state index contributed by atoms with van der Waals surface area (Å²) in [5.41, 5.74) is 0.244. The fourth-order valence-corrected chi connectivity index (χ4v) is 4.10. The number of hydrogen-bond donors (Lipinski definition) is 1. The maximum absolute atomic E-state index is 14.0. The van der Waals surface area contributed by atoms with Crippen molar-refractivity contribution in [2.24, 2.45) is 11.8 Å². The molecule has 0 aromatic heterocycles. The van der Waals surface area contributed by atoms with Crippen LogP contribution in [0.25, 0.3) is 0 Å². The van der Waals surface area contributed by atoms with Crippen molar-refractivity contribution in [3.63, 3.8) is 0 Å². The molecule has 0 aliphatic carbocycles. The Balaban J connectivity index is 2.38. The number of benzene rings is 1. The number of halogens is 1. The third-order valence-corrected chi connectivity index (χ3v) is 5.52. The summed E-state index contributed by atoms with van der Waals surface area (Å²) in [5.74, 6) is -2.85. The molecule has 0 radical (unpaired) electrons. The van der Waals surface area contributed by atoms with Gasteiger partial charge in [0.25, 0.3) is 0 Å². The monoisotopic (exact) mass is 301 g/mol. The minimum atomic E-state index is -4.00. The highest BCUT2D eigenvalue weighted by atomic mass is 32.2. The van der Waals surface area contributed by atoms with Gasteiger partial charge in [-0.1, -0.05) is 19.1 Å². The first kappa shape index (κ1) is 14.9. The molecule has 1 aliphatic rings. The van der Waals surface area contributed by atoms with Gasteiger partial charge in [0.1, 0.15) is 10.7 Å². The Hall–Kier alpha value is -1.47. The van der Waals surface area contributed by atoms with Crippen LogP contribution in [0, 0.1) is 24.6 Å². The SMILES string of the molecule is Cc1cccc(S(=O)(=O)N2C[C@@H](C)[C@H](C(=O)O)C2)c1F. The van der Waals surface area contributed by atoms with E-state index in [4.69, 9.17) is 5.11 Å². The van der Waals surface area contributed by atoms with E-state index in [9.17, 15) is 17.6 Å². The molecule has 1 saturated heterocycles. The lowest BCUT2D eigenvalue weighted by atomic mass is 9.99. The number of carboxylic acids is 1. The molecule has 1 heterocycles. The van der Waals surface area contributed by atoms with Gasteiger partial charge < -0.3 is 5.11 Å². The smallest absolute Gasteiger partial charge is 0.308 e. The molecule has 2 atom stereocenters. The first-order chi connectivity index (χ1) is 9.25. The average molecular weight is 301 g/mol. The van der Waals surface area contributed by atoms with Crippen LogP contribution in [0.1, 0.15) is 12.5 Å². The van der Waals surface area contributed by atoms with E-state index in [-0.39, 0.29) is 24.6 Å². The predicted octanol–water partition coefficient (Wildman–Crippen LogP) is 1.48. The van der Waals surface area contributed by atoms with Gasteiger partial charge in [-0.2, -0.15) is 4.31 Å². The van der Waals surface area contributed by atoms with Crippen molar-refractivity contribution in [3.05, 3.63) is 29.6 Å². The van der Waals surface area contributed by atoms with Crippen LogP contribution in [0.5, 0.6) is 0 Å². The Morgan fingerprint density at radius 2 is 2.05 bits per heavy atom. The Kier molecular flexibility index (Phi) is 3.84. The fourth-order valence-electron chi connectivity index (χ4n) is 2.40. The second-order valence-corrected chi connectivity index (χ2v) is 7.04. The van der Waals surface area contributed by atoms with Gasteiger partial charge in [0, 0.05) is 13.1 Å². The lowest BCUT2D eigenvalue weighted by molar-refractivity contribution is -0.142. The van der Waals surface area contributed by atoms with Crippen LogP contribution >= 0.6 is 0 Å².